The zero-order chi connectivity index (χ0) is 37.7. The molecule has 52 heavy (non-hydrogen) atoms. The van der Waals surface area contributed by atoms with Crippen molar-refractivity contribution >= 4 is 56.9 Å². The molecule has 2 aromatic rings. The van der Waals surface area contributed by atoms with Crippen LogP contribution in [0.5, 0.6) is 0 Å². The first kappa shape index (κ1) is 39.7. The molecular weight excluding hydrogens is 754 g/mol. The maximum Gasteiger partial charge on any atom is 0.313 e. The molecule has 3 aliphatic heterocycles. The van der Waals surface area contributed by atoms with Gasteiger partial charge in [0.15, 0.2) is 0 Å². The summed E-state index contributed by atoms with van der Waals surface area (Å²) in [7, 11) is 1.49. The Kier molecular flexibility index (Phi) is 13.0. The van der Waals surface area contributed by atoms with E-state index >= 15 is 0 Å². The van der Waals surface area contributed by atoms with Crippen molar-refractivity contribution in [2.45, 2.75) is 73.9 Å². The summed E-state index contributed by atoms with van der Waals surface area (Å²) in [6.45, 7) is 11.0. The van der Waals surface area contributed by atoms with Gasteiger partial charge in [0, 0.05) is 35.6 Å². The summed E-state index contributed by atoms with van der Waals surface area (Å²) in [5.41, 5.74) is -0.264. The molecule has 3 heterocycles. The highest BCUT2D eigenvalue weighted by Gasteiger charge is 2.78. The minimum Gasteiger partial charge on any atom is -0.455 e. The second kappa shape index (κ2) is 17.1. The lowest BCUT2D eigenvalue weighted by Gasteiger charge is -2.40. The van der Waals surface area contributed by atoms with Gasteiger partial charge in [-0.15, -0.1) is 13.2 Å². The molecule has 0 radical (unpaired) electrons. The molecule has 3 amide bonds. The number of likely N-dealkylation sites (tertiary alicyclic amines) is 1. The van der Waals surface area contributed by atoms with Gasteiger partial charge in [-0.3, -0.25) is 19.2 Å². The molecule has 3 aliphatic rings. The van der Waals surface area contributed by atoms with Crippen molar-refractivity contribution < 1.29 is 38.5 Å². The minimum atomic E-state index is -1.42. The number of rotatable bonds is 17. The molecule has 2 aromatic carbocycles. The fraction of sp³-hybridized carbons (Fsp3) is 0.487. The number of hydrogen-bond acceptors (Lipinski definition) is 8. The number of halogens is 2. The van der Waals surface area contributed by atoms with E-state index in [1.807, 2.05) is 19.9 Å². The van der Waals surface area contributed by atoms with Crippen LogP contribution in [0.3, 0.4) is 0 Å². The van der Waals surface area contributed by atoms with Gasteiger partial charge in [-0.1, -0.05) is 83.9 Å². The Morgan fingerprint density at radius 1 is 1.15 bits per heavy atom. The summed E-state index contributed by atoms with van der Waals surface area (Å²) in [6.07, 6.45) is 2.37. The van der Waals surface area contributed by atoms with Crippen LogP contribution in [-0.4, -0.2) is 95.2 Å². The number of nitrogens with zero attached hydrogens (tertiary/aromatic N) is 2. The molecule has 0 aromatic heterocycles. The number of esters is 1. The molecule has 0 aliphatic carbocycles. The van der Waals surface area contributed by atoms with Crippen molar-refractivity contribution in [1.82, 2.24) is 10.2 Å². The molecule has 280 valence electrons. The first-order valence-corrected chi connectivity index (χ1v) is 18.8. The molecule has 11 nitrogen and oxygen atoms in total. The molecule has 3 saturated heterocycles. The maximum atomic E-state index is 14.9. The van der Waals surface area contributed by atoms with E-state index < -0.39 is 77.0 Å². The highest BCUT2D eigenvalue weighted by molar-refractivity contribution is 9.09. The smallest absolute Gasteiger partial charge is 0.313 e. The lowest BCUT2D eigenvalue weighted by molar-refractivity contribution is -0.163. The number of methoxy groups -OCH3 is 1. The van der Waals surface area contributed by atoms with Crippen LogP contribution < -0.4 is 10.2 Å². The number of fused-ring (bicyclic) bond motifs is 1. The van der Waals surface area contributed by atoms with Crippen LogP contribution in [0.25, 0.3) is 0 Å². The SMILES string of the molecule is C=CCCC(=O)N[C@H](COC)[C@H](OC(=O)[C@H]1[C@@H]2O[C@@]3(CC2Br)[C@@H]1C(=O)N([C@@H](CO)C(C)C)[C@@H]3C(=O)N(CC=C)c1ccc(Cl)cc1)c1ccccc1. The number of nitrogens with one attached hydrogen (secondary N) is 1. The van der Waals surface area contributed by atoms with Crippen LogP contribution in [-0.2, 0) is 33.4 Å². The molecule has 9 atom stereocenters. The van der Waals surface area contributed by atoms with Crippen molar-refractivity contribution in [1.29, 1.82) is 0 Å². The number of hydrogen-bond donors (Lipinski definition) is 2. The fourth-order valence-electron chi connectivity index (χ4n) is 7.94. The van der Waals surface area contributed by atoms with Crippen LogP contribution in [0.4, 0.5) is 5.69 Å². The first-order chi connectivity index (χ1) is 24.9. The summed E-state index contributed by atoms with van der Waals surface area (Å²) in [5.74, 6) is -4.31. The third kappa shape index (κ3) is 7.59. The Labute approximate surface area is 318 Å². The molecule has 2 bridgehead atoms. The predicted octanol–water partition coefficient (Wildman–Crippen LogP) is 5.01. The van der Waals surface area contributed by atoms with Crippen molar-refractivity contribution in [3.05, 3.63) is 90.5 Å². The number of ether oxygens (including phenoxy) is 3. The summed E-state index contributed by atoms with van der Waals surface area (Å²) in [5, 5.41) is 14.1. The number of alkyl halides is 1. The van der Waals surface area contributed by atoms with E-state index in [1.54, 1.807) is 60.7 Å². The standard InChI is InChI=1S/C39H47BrClN3O8/c1-6-8-14-30(46)42-28(22-50-5)33(24-12-10-9-11-13-24)51-38(49)31-32-36(47)44(29(21-45)23(3)4)35(39(32)20-27(40)34(31)52-39)37(48)43(19-7-2)26-17-15-25(41)16-18-26/h6-7,9-13,15-18,23,27-29,31-35,45H,1-2,8,14,19-22H2,3-5H3,(H,42,46)/t27?,28-,29+,31-,32+,33-,34-,35-,39+/m1/s1. The highest BCUT2D eigenvalue weighted by atomic mass is 79.9. The molecule has 1 unspecified atom stereocenters. The van der Waals surface area contributed by atoms with Crippen molar-refractivity contribution in [2.75, 3.05) is 31.8 Å². The maximum absolute atomic E-state index is 14.9. The number of aliphatic hydroxyl groups excluding tert-OH is 1. The Hall–Kier alpha value is -3.55. The van der Waals surface area contributed by atoms with Gasteiger partial charge in [0.25, 0.3) is 5.91 Å². The second-order valence-electron chi connectivity index (χ2n) is 13.8. The fourth-order valence-corrected chi connectivity index (χ4v) is 9.01. The Morgan fingerprint density at radius 3 is 2.44 bits per heavy atom. The van der Waals surface area contributed by atoms with Crippen LogP contribution in [0.1, 0.15) is 44.8 Å². The number of benzene rings is 2. The van der Waals surface area contributed by atoms with E-state index in [-0.39, 0.29) is 37.8 Å². The Morgan fingerprint density at radius 2 is 1.85 bits per heavy atom. The van der Waals surface area contributed by atoms with E-state index in [0.29, 0.717) is 22.7 Å². The van der Waals surface area contributed by atoms with Gasteiger partial charge in [0.05, 0.1) is 43.2 Å². The second-order valence-corrected chi connectivity index (χ2v) is 15.5. The van der Waals surface area contributed by atoms with Crippen molar-refractivity contribution in [3.8, 4) is 0 Å². The molecular formula is C39H47BrClN3O8. The molecule has 0 saturated carbocycles. The monoisotopic (exact) mass is 799 g/mol. The van der Waals surface area contributed by atoms with Gasteiger partial charge in [0.1, 0.15) is 17.7 Å². The van der Waals surface area contributed by atoms with E-state index in [0.717, 1.165) is 0 Å². The summed E-state index contributed by atoms with van der Waals surface area (Å²) in [6, 6.07) is 13.1. The lowest BCUT2D eigenvalue weighted by Crippen LogP contribution is -2.60. The topological polar surface area (TPSA) is 135 Å². The molecule has 1 spiro atoms. The van der Waals surface area contributed by atoms with Gasteiger partial charge in [0.2, 0.25) is 11.8 Å². The van der Waals surface area contributed by atoms with E-state index in [1.165, 1.54) is 16.9 Å². The van der Waals surface area contributed by atoms with Crippen molar-refractivity contribution in [2.24, 2.45) is 17.8 Å². The van der Waals surface area contributed by atoms with Crippen molar-refractivity contribution in [3.63, 3.8) is 0 Å². The highest BCUT2D eigenvalue weighted by Crippen LogP contribution is 2.61. The van der Waals surface area contributed by atoms with E-state index in [4.69, 9.17) is 25.8 Å². The van der Waals surface area contributed by atoms with Crippen LogP contribution in [0.2, 0.25) is 5.02 Å². The number of carbonyl (C=O) groups excluding carboxylic acids is 4. The van der Waals surface area contributed by atoms with Crippen LogP contribution in [0.15, 0.2) is 79.9 Å². The number of amides is 3. The van der Waals surface area contributed by atoms with Crippen LogP contribution in [0, 0.1) is 17.8 Å². The molecule has 13 heteroatoms. The van der Waals surface area contributed by atoms with Crippen LogP contribution >= 0.6 is 27.5 Å². The van der Waals surface area contributed by atoms with Gasteiger partial charge >= 0.3 is 5.97 Å². The molecule has 3 fully saturated rings. The minimum absolute atomic E-state index is 0.0331. The average Bonchev–Trinajstić information content (AvgIpc) is 3.72. The normalized spacial score (nSPS) is 26.4. The van der Waals surface area contributed by atoms with Gasteiger partial charge in [-0.2, -0.15) is 0 Å². The summed E-state index contributed by atoms with van der Waals surface area (Å²) >= 11 is 9.90. The van der Waals surface area contributed by atoms with Gasteiger partial charge < -0.3 is 34.4 Å². The van der Waals surface area contributed by atoms with Gasteiger partial charge in [-0.25, -0.2) is 0 Å². The van der Waals surface area contributed by atoms with Gasteiger partial charge in [-0.05, 0) is 48.6 Å². The number of anilines is 1. The molecule has 2 N–H and O–H groups in total. The molecule has 5 rings (SSSR count). The predicted molar refractivity (Wildman–Crippen MR) is 201 cm³/mol. The van der Waals surface area contributed by atoms with E-state index in [2.05, 4.69) is 34.4 Å². The Balaban J connectivity index is 1.56. The third-order valence-electron chi connectivity index (χ3n) is 10.3. The largest absolute Gasteiger partial charge is 0.455 e. The number of aliphatic hydroxyl groups is 1. The number of carbonyl (C=O) groups is 4. The summed E-state index contributed by atoms with van der Waals surface area (Å²) in [4.78, 5) is 59.9. The first-order valence-electron chi connectivity index (χ1n) is 17.5. The zero-order valence-corrected chi connectivity index (χ0v) is 32.0. The Bertz CT molecular complexity index is 1630. The zero-order valence-electron chi connectivity index (χ0n) is 29.7. The number of allylic oxidation sites excluding steroid dienone is 1. The summed E-state index contributed by atoms with van der Waals surface area (Å²) < 4.78 is 18.5. The average molecular weight is 801 g/mol. The third-order valence-corrected chi connectivity index (χ3v) is 11.4. The quantitative estimate of drug-likeness (QED) is 0.130. The van der Waals surface area contributed by atoms with E-state index in [9.17, 15) is 24.3 Å². The lowest BCUT2D eigenvalue weighted by atomic mass is 9.70.